The first kappa shape index (κ1) is 8.58. The molecular weight excluding hydrogens is 132 g/mol. The van der Waals surface area contributed by atoms with Gasteiger partial charge in [-0.15, -0.1) is 0 Å². The Kier molecular flexibility index (Phi) is 4.84. The number of hydrogen-bond acceptors (Lipinski definition) is 0. The first-order valence-corrected chi connectivity index (χ1v) is 4.62. The average Bonchev–Trinajstić information content (AvgIpc) is 2.08. The minimum Gasteiger partial charge on any atom is -0.0885 e. The van der Waals surface area contributed by atoms with Crippen molar-refractivity contribution in [1.82, 2.24) is 0 Å². The van der Waals surface area contributed by atoms with Gasteiger partial charge in [-0.1, -0.05) is 24.3 Å². The van der Waals surface area contributed by atoms with Crippen molar-refractivity contribution < 1.29 is 0 Å². The molecule has 11 heavy (non-hydrogen) atoms. The highest BCUT2D eigenvalue weighted by atomic mass is 13.9. The minimum absolute atomic E-state index is 1.14. The van der Waals surface area contributed by atoms with Gasteiger partial charge in [0.1, 0.15) is 0 Å². The molecular formula is C11H17. The SMILES string of the molecule is [CH]1C/C=C/CCCC/C=C/C1. The first-order valence-electron chi connectivity index (χ1n) is 4.62. The molecule has 0 aromatic heterocycles. The van der Waals surface area contributed by atoms with Gasteiger partial charge in [0.25, 0.3) is 0 Å². The van der Waals surface area contributed by atoms with Gasteiger partial charge in [-0.25, -0.2) is 0 Å². The van der Waals surface area contributed by atoms with E-state index >= 15 is 0 Å². The summed E-state index contributed by atoms with van der Waals surface area (Å²) in [4.78, 5) is 0. The Morgan fingerprint density at radius 2 is 1.18 bits per heavy atom. The molecule has 0 N–H and O–H groups in total. The maximum absolute atomic E-state index is 2.32. The second-order valence-electron chi connectivity index (χ2n) is 2.99. The third-order valence-corrected chi connectivity index (χ3v) is 1.93. The smallest absolute Gasteiger partial charge is 0.0311 e. The van der Waals surface area contributed by atoms with Crippen molar-refractivity contribution in [3.05, 3.63) is 30.7 Å². The van der Waals surface area contributed by atoms with E-state index in [1.54, 1.807) is 0 Å². The summed E-state index contributed by atoms with van der Waals surface area (Å²) in [7, 11) is 0. The summed E-state index contributed by atoms with van der Waals surface area (Å²) in [5, 5.41) is 0. The van der Waals surface area contributed by atoms with Crippen molar-refractivity contribution >= 4 is 0 Å². The molecule has 0 heterocycles. The monoisotopic (exact) mass is 149 g/mol. The Bertz CT molecular complexity index is 115. The lowest BCUT2D eigenvalue weighted by Crippen LogP contribution is -1.71. The van der Waals surface area contributed by atoms with Gasteiger partial charge < -0.3 is 0 Å². The molecule has 0 saturated carbocycles. The van der Waals surface area contributed by atoms with E-state index in [9.17, 15) is 0 Å². The second-order valence-corrected chi connectivity index (χ2v) is 2.99. The quantitative estimate of drug-likeness (QED) is 0.461. The highest BCUT2D eigenvalue weighted by Gasteiger charge is 1.86. The Hall–Kier alpha value is -0.520. The van der Waals surface area contributed by atoms with Crippen molar-refractivity contribution in [2.24, 2.45) is 0 Å². The summed E-state index contributed by atoms with van der Waals surface area (Å²) in [5.74, 6) is 0. The van der Waals surface area contributed by atoms with Gasteiger partial charge in [0.05, 0.1) is 0 Å². The van der Waals surface area contributed by atoms with Crippen molar-refractivity contribution in [2.75, 3.05) is 0 Å². The first-order chi connectivity index (χ1) is 5.50. The van der Waals surface area contributed by atoms with Crippen LogP contribution in [-0.2, 0) is 0 Å². The van der Waals surface area contributed by atoms with Gasteiger partial charge in [0.15, 0.2) is 0 Å². The summed E-state index contributed by atoms with van der Waals surface area (Å²) in [5.41, 5.74) is 0. The molecule has 0 amide bonds. The van der Waals surface area contributed by atoms with Crippen LogP contribution in [0.2, 0.25) is 0 Å². The van der Waals surface area contributed by atoms with Crippen LogP contribution in [-0.4, -0.2) is 0 Å². The molecule has 1 aliphatic carbocycles. The highest BCUT2D eigenvalue weighted by Crippen LogP contribution is 2.06. The third kappa shape index (κ3) is 4.83. The summed E-state index contributed by atoms with van der Waals surface area (Å²) in [6.07, 6.45) is 19.0. The van der Waals surface area contributed by atoms with E-state index in [-0.39, 0.29) is 0 Å². The maximum Gasteiger partial charge on any atom is -0.0311 e. The van der Waals surface area contributed by atoms with Crippen molar-refractivity contribution in [3.63, 3.8) is 0 Å². The summed E-state index contributed by atoms with van der Waals surface area (Å²) in [6.45, 7) is 0. The molecule has 0 aromatic carbocycles. The largest absolute Gasteiger partial charge is 0.0885 e. The van der Waals surface area contributed by atoms with Crippen LogP contribution in [0.4, 0.5) is 0 Å². The molecule has 0 aromatic rings. The van der Waals surface area contributed by atoms with Crippen LogP contribution in [0.15, 0.2) is 24.3 Å². The molecule has 0 saturated heterocycles. The number of allylic oxidation sites excluding steroid dienone is 4. The Morgan fingerprint density at radius 3 is 1.73 bits per heavy atom. The van der Waals surface area contributed by atoms with E-state index < -0.39 is 0 Å². The molecule has 1 aliphatic rings. The van der Waals surface area contributed by atoms with Crippen molar-refractivity contribution in [3.8, 4) is 0 Å². The predicted molar refractivity (Wildman–Crippen MR) is 50.3 cm³/mol. The summed E-state index contributed by atoms with van der Waals surface area (Å²) >= 11 is 0. The lowest BCUT2D eigenvalue weighted by molar-refractivity contribution is 0.761. The second kappa shape index (κ2) is 6.21. The van der Waals surface area contributed by atoms with Crippen LogP contribution in [0, 0.1) is 6.42 Å². The van der Waals surface area contributed by atoms with E-state index in [1.165, 1.54) is 25.7 Å². The maximum atomic E-state index is 2.32. The Morgan fingerprint density at radius 1 is 0.636 bits per heavy atom. The van der Waals surface area contributed by atoms with E-state index in [0.29, 0.717) is 0 Å². The molecule has 1 radical (unpaired) electrons. The van der Waals surface area contributed by atoms with Gasteiger partial charge in [0.2, 0.25) is 0 Å². The molecule has 0 atom stereocenters. The lowest BCUT2D eigenvalue weighted by atomic mass is 10.2. The lowest BCUT2D eigenvalue weighted by Gasteiger charge is -1.90. The number of rotatable bonds is 0. The molecule has 61 valence electrons. The van der Waals surface area contributed by atoms with Crippen LogP contribution in [0.1, 0.15) is 38.5 Å². The molecule has 1 rings (SSSR count). The zero-order valence-electron chi connectivity index (χ0n) is 7.13. The van der Waals surface area contributed by atoms with Crippen LogP contribution in [0.25, 0.3) is 0 Å². The fraction of sp³-hybridized carbons (Fsp3) is 0.545. The Balaban J connectivity index is 2.22. The Labute approximate surface area is 70.0 Å². The molecule has 0 bridgehead atoms. The fourth-order valence-corrected chi connectivity index (χ4v) is 1.24. The molecule has 0 spiro atoms. The normalized spacial score (nSPS) is 26.9. The fourth-order valence-electron chi connectivity index (χ4n) is 1.24. The zero-order valence-corrected chi connectivity index (χ0v) is 7.13. The van der Waals surface area contributed by atoms with Crippen LogP contribution in [0.3, 0.4) is 0 Å². The molecule has 0 heteroatoms. The van der Waals surface area contributed by atoms with Gasteiger partial charge in [0, 0.05) is 0 Å². The molecule has 0 fully saturated rings. The average molecular weight is 149 g/mol. The third-order valence-electron chi connectivity index (χ3n) is 1.93. The van der Waals surface area contributed by atoms with E-state index in [0.717, 1.165) is 12.8 Å². The van der Waals surface area contributed by atoms with E-state index in [2.05, 4.69) is 30.7 Å². The van der Waals surface area contributed by atoms with Crippen molar-refractivity contribution in [1.29, 1.82) is 0 Å². The van der Waals surface area contributed by atoms with Crippen LogP contribution >= 0.6 is 0 Å². The number of hydrogen-bond donors (Lipinski definition) is 0. The van der Waals surface area contributed by atoms with Crippen LogP contribution < -0.4 is 0 Å². The van der Waals surface area contributed by atoms with Crippen molar-refractivity contribution in [2.45, 2.75) is 38.5 Å². The highest BCUT2D eigenvalue weighted by molar-refractivity contribution is 4.93. The standard InChI is InChI=1S/C11H17/c1-2-4-6-8-10-11-9-7-5-3-1/h1-2,5,9,11H,3-4,6-8,10H2/b2-1+,11-9+. The predicted octanol–water partition coefficient (Wildman–Crippen LogP) is 3.66. The zero-order chi connectivity index (χ0) is 7.78. The van der Waals surface area contributed by atoms with Gasteiger partial charge in [-0.2, -0.15) is 0 Å². The summed E-state index contributed by atoms with van der Waals surface area (Å²) in [6, 6.07) is 0. The van der Waals surface area contributed by atoms with Gasteiger partial charge in [-0.05, 0) is 44.9 Å². The molecule has 0 unspecified atom stereocenters. The molecule has 0 nitrogen and oxygen atoms in total. The van der Waals surface area contributed by atoms with E-state index in [1.807, 2.05) is 0 Å². The molecule has 0 aliphatic heterocycles. The van der Waals surface area contributed by atoms with Gasteiger partial charge >= 0.3 is 0 Å². The minimum atomic E-state index is 1.14. The topological polar surface area (TPSA) is 0 Å². The van der Waals surface area contributed by atoms with E-state index in [4.69, 9.17) is 0 Å². The van der Waals surface area contributed by atoms with Crippen LogP contribution in [0.5, 0.6) is 0 Å². The van der Waals surface area contributed by atoms with Gasteiger partial charge in [-0.3, -0.25) is 0 Å². The summed E-state index contributed by atoms with van der Waals surface area (Å²) < 4.78 is 0.